The number of carbonyl (C=O) groups is 1. The van der Waals surface area contributed by atoms with Crippen molar-refractivity contribution in [2.24, 2.45) is 5.92 Å². The van der Waals surface area contributed by atoms with Crippen LogP contribution in [0.2, 0.25) is 0 Å². The van der Waals surface area contributed by atoms with E-state index in [0.717, 1.165) is 5.56 Å². The molecule has 146 valence electrons. The summed E-state index contributed by atoms with van der Waals surface area (Å²) in [5, 5.41) is 7.50. The Morgan fingerprint density at radius 2 is 1.76 bits per heavy atom. The Kier molecular flexibility index (Phi) is 5.08. The van der Waals surface area contributed by atoms with E-state index in [4.69, 9.17) is 0 Å². The molecule has 0 aliphatic rings. The van der Waals surface area contributed by atoms with Crippen LogP contribution in [0.1, 0.15) is 24.3 Å². The third kappa shape index (κ3) is 3.87. The minimum Gasteiger partial charge on any atom is -0.350 e. The van der Waals surface area contributed by atoms with Crippen LogP contribution in [-0.2, 0) is 0 Å². The topological polar surface area (TPSA) is 59.3 Å². The number of hydrogen-bond donors (Lipinski definition) is 1. The maximum absolute atomic E-state index is 14.4. The van der Waals surface area contributed by atoms with E-state index < -0.39 is 0 Å². The van der Waals surface area contributed by atoms with Crippen molar-refractivity contribution >= 4 is 11.6 Å². The quantitative estimate of drug-likeness (QED) is 0.544. The van der Waals surface area contributed by atoms with E-state index in [2.05, 4.69) is 15.4 Å². The molecule has 1 N–H and O–H groups in total. The SMILES string of the molecule is CC(C)CNC(=O)c1cc(-c2ccccc2F)nc2cc(-c3ccccc3)nn12. The Balaban J connectivity index is 1.88. The second-order valence-corrected chi connectivity index (χ2v) is 7.28. The number of nitrogens with zero attached hydrogens (tertiary/aromatic N) is 3. The fourth-order valence-electron chi connectivity index (χ4n) is 3.08. The van der Waals surface area contributed by atoms with E-state index in [-0.39, 0.29) is 11.7 Å². The number of fused-ring (bicyclic) bond motifs is 1. The monoisotopic (exact) mass is 388 g/mol. The zero-order valence-electron chi connectivity index (χ0n) is 16.3. The van der Waals surface area contributed by atoms with Crippen LogP contribution in [0, 0.1) is 11.7 Å². The van der Waals surface area contributed by atoms with Crippen LogP contribution in [0.15, 0.2) is 66.7 Å². The summed E-state index contributed by atoms with van der Waals surface area (Å²) in [7, 11) is 0. The number of rotatable bonds is 5. The molecule has 0 aliphatic heterocycles. The first-order chi connectivity index (χ1) is 14.0. The maximum atomic E-state index is 14.4. The number of halogens is 1. The summed E-state index contributed by atoms with van der Waals surface area (Å²) in [5.74, 6) is -0.355. The molecule has 0 radical (unpaired) electrons. The van der Waals surface area contributed by atoms with E-state index in [1.807, 2.05) is 44.2 Å². The maximum Gasteiger partial charge on any atom is 0.270 e. The van der Waals surface area contributed by atoms with Crippen molar-refractivity contribution in [3.8, 4) is 22.5 Å². The lowest BCUT2D eigenvalue weighted by atomic mass is 10.1. The highest BCUT2D eigenvalue weighted by Gasteiger charge is 2.18. The average molecular weight is 388 g/mol. The van der Waals surface area contributed by atoms with E-state index in [9.17, 15) is 9.18 Å². The molecule has 0 aliphatic carbocycles. The van der Waals surface area contributed by atoms with Crippen LogP contribution < -0.4 is 5.32 Å². The van der Waals surface area contributed by atoms with Crippen LogP contribution >= 0.6 is 0 Å². The van der Waals surface area contributed by atoms with Gasteiger partial charge in [-0.1, -0.05) is 56.3 Å². The average Bonchev–Trinajstić information content (AvgIpc) is 3.16. The van der Waals surface area contributed by atoms with Crippen molar-refractivity contribution in [2.45, 2.75) is 13.8 Å². The van der Waals surface area contributed by atoms with Crippen LogP contribution in [0.4, 0.5) is 4.39 Å². The highest BCUT2D eigenvalue weighted by Crippen LogP contribution is 2.25. The van der Waals surface area contributed by atoms with Gasteiger partial charge in [0.25, 0.3) is 5.91 Å². The van der Waals surface area contributed by atoms with Gasteiger partial charge in [-0.15, -0.1) is 0 Å². The van der Waals surface area contributed by atoms with Gasteiger partial charge in [0.15, 0.2) is 5.65 Å². The molecule has 0 spiro atoms. The van der Waals surface area contributed by atoms with E-state index in [0.29, 0.717) is 40.8 Å². The Morgan fingerprint density at radius 1 is 1.03 bits per heavy atom. The minimum absolute atomic E-state index is 0.272. The van der Waals surface area contributed by atoms with Crippen molar-refractivity contribution in [2.75, 3.05) is 6.54 Å². The number of aromatic nitrogens is 3. The lowest BCUT2D eigenvalue weighted by Gasteiger charge is -2.11. The van der Waals surface area contributed by atoms with E-state index in [1.165, 1.54) is 10.6 Å². The molecule has 0 bridgehead atoms. The highest BCUT2D eigenvalue weighted by molar-refractivity contribution is 5.94. The lowest BCUT2D eigenvalue weighted by molar-refractivity contribution is 0.0941. The van der Waals surface area contributed by atoms with Crippen LogP contribution in [0.5, 0.6) is 0 Å². The number of carbonyl (C=O) groups excluding carboxylic acids is 1. The summed E-state index contributed by atoms with van der Waals surface area (Å²) in [6, 6.07) is 19.5. The van der Waals surface area contributed by atoms with Crippen LogP contribution in [-0.4, -0.2) is 27.0 Å². The molecule has 0 saturated carbocycles. The first-order valence-electron chi connectivity index (χ1n) is 9.52. The summed E-state index contributed by atoms with van der Waals surface area (Å²) < 4.78 is 15.9. The Hall–Kier alpha value is -3.54. The molecule has 4 rings (SSSR count). The van der Waals surface area contributed by atoms with Gasteiger partial charge in [0.1, 0.15) is 11.5 Å². The molecule has 0 saturated heterocycles. The van der Waals surface area contributed by atoms with E-state index in [1.54, 1.807) is 30.3 Å². The summed E-state index contributed by atoms with van der Waals surface area (Å²) in [4.78, 5) is 17.5. The van der Waals surface area contributed by atoms with Gasteiger partial charge in [-0.3, -0.25) is 4.79 Å². The predicted octanol–water partition coefficient (Wildman–Crippen LogP) is 4.59. The van der Waals surface area contributed by atoms with Gasteiger partial charge >= 0.3 is 0 Å². The van der Waals surface area contributed by atoms with Gasteiger partial charge in [0, 0.05) is 23.7 Å². The van der Waals surface area contributed by atoms with Crippen molar-refractivity contribution in [3.05, 3.63) is 78.2 Å². The molecule has 2 aromatic heterocycles. The van der Waals surface area contributed by atoms with E-state index >= 15 is 0 Å². The normalized spacial score (nSPS) is 11.2. The molecule has 4 aromatic rings. The Labute approximate surface area is 168 Å². The van der Waals surface area contributed by atoms with Gasteiger partial charge in [-0.2, -0.15) is 5.10 Å². The fourth-order valence-corrected chi connectivity index (χ4v) is 3.08. The number of nitrogens with one attached hydrogen (secondary N) is 1. The molecule has 29 heavy (non-hydrogen) atoms. The third-order valence-corrected chi connectivity index (χ3v) is 4.55. The Bertz CT molecular complexity index is 1170. The van der Waals surface area contributed by atoms with Crippen molar-refractivity contribution in [1.82, 2.24) is 19.9 Å². The van der Waals surface area contributed by atoms with Gasteiger partial charge in [-0.05, 0) is 24.1 Å². The fraction of sp³-hybridized carbons (Fsp3) is 0.174. The molecule has 0 fully saturated rings. The first kappa shape index (κ1) is 18.8. The molecule has 5 nitrogen and oxygen atoms in total. The Morgan fingerprint density at radius 3 is 2.48 bits per heavy atom. The van der Waals surface area contributed by atoms with Crippen LogP contribution in [0.3, 0.4) is 0 Å². The minimum atomic E-state index is -0.388. The van der Waals surface area contributed by atoms with Crippen molar-refractivity contribution in [3.63, 3.8) is 0 Å². The number of hydrogen-bond acceptors (Lipinski definition) is 3. The number of amides is 1. The lowest BCUT2D eigenvalue weighted by Crippen LogP contribution is -2.29. The highest BCUT2D eigenvalue weighted by atomic mass is 19.1. The largest absolute Gasteiger partial charge is 0.350 e. The van der Waals surface area contributed by atoms with Crippen LogP contribution in [0.25, 0.3) is 28.2 Å². The molecular formula is C23H21FN4O. The molecule has 2 heterocycles. The first-order valence-corrected chi connectivity index (χ1v) is 9.52. The predicted molar refractivity (Wildman–Crippen MR) is 111 cm³/mol. The van der Waals surface area contributed by atoms with Gasteiger partial charge < -0.3 is 5.32 Å². The standard InChI is InChI=1S/C23H21FN4O/c1-15(2)14-25-23(29)21-12-20(17-10-6-7-11-18(17)24)26-22-13-19(27-28(21)22)16-8-4-3-5-9-16/h3-13,15H,14H2,1-2H3,(H,25,29). The smallest absolute Gasteiger partial charge is 0.270 e. The molecule has 0 atom stereocenters. The third-order valence-electron chi connectivity index (χ3n) is 4.55. The zero-order chi connectivity index (χ0) is 20.4. The zero-order valence-corrected chi connectivity index (χ0v) is 16.3. The molecule has 0 unspecified atom stereocenters. The van der Waals surface area contributed by atoms with Gasteiger partial charge in [0.2, 0.25) is 0 Å². The summed E-state index contributed by atoms with van der Waals surface area (Å²) in [6.07, 6.45) is 0. The molecular weight excluding hydrogens is 367 g/mol. The summed E-state index contributed by atoms with van der Waals surface area (Å²) >= 11 is 0. The molecule has 1 amide bonds. The van der Waals surface area contributed by atoms with Crippen molar-refractivity contribution in [1.29, 1.82) is 0 Å². The van der Waals surface area contributed by atoms with Gasteiger partial charge in [-0.25, -0.2) is 13.9 Å². The second kappa shape index (κ2) is 7.83. The number of benzene rings is 2. The second-order valence-electron chi connectivity index (χ2n) is 7.28. The summed E-state index contributed by atoms with van der Waals surface area (Å²) in [5.41, 5.74) is 3.15. The summed E-state index contributed by atoms with van der Waals surface area (Å²) in [6.45, 7) is 4.58. The molecule has 2 aromatic carbocycles. The molecule has 6 heteroatoms. The van der Waals surface area contributed by atoms with Crippen molar-refractivity contribution < 1.29 is 9.18 Å². The van der Waals surface area contributed by atoms with Gasteiger partial charge in [0.05, 0.1) is 11.4 Å².